The summed E-state index contributed by atoms with van der Waals surface area (Å²) in [6.07, 6.45) is 5.06. The molecule has 1 rings (SSSR count). The van der Waals surface area contributed by atoms with Crippen LogP contribution in [0.4, 0.5) is 0 Å². The molecule has 0 saturated carbocycles. The second kappa shape index (κ2) is 7.65. The molecule has 1 unspecified atom stereocenters. The van der Waals surface area contributed by atoms with Gasteiger partial charge in [-0.1, -0.05) is 0 Å². The van der Waals surface area contributed by atoms with Gasteiger partial charge in [0.25, 0.3) is 0 Å². The van der Waals surface area contributed by atoms with E-state index in [0.717, 1.165) is 19.6 Å². The molecule has 1 aliphatic rings. The molecule has 2 N–H and O–H groups in total. The van der Waals surface area contributed by atoms with Crippen molar-refractivity contribution in [2.75, 3.05) is 26.2 Å². The molecule has 1 atom stereocenters. The van der Waals surface area contributed by atoms with E-state index in [0.29, 0.717) is 19.2 Å². The lowest BCUT2D eigenvalue weighted by Crippen LogP contribution is -2.35. The summed E-state index contributed by atoms with van der Waals surface area (Å²) in [5, 5.41) is 5.88. The van der Waals surface area contributed by atoms with Gasteiger partial charge in [-0.2, -0.15) is 0 Å². The fraction of sp³-hybridized carbons (Fsp3) is 0.909. The van der Waals surface area contributed by atoms with Gasteiger partial charge < -0.3 is 15.4 Å². The molecule has 1 heterocycles. The molecule has 0 aromatic heterocycles. The van der Waals surface area contributed by atoms with Crippen LogP contribution in [-0.2, 0) is 9.53 Å². The quantitative estimate of drug-likeness (QED) is 0.639. The lowest BCUT2D eigenvalue weighted by atomic mass is 10.1. The van der Waals surface area contributed by atoms with E-state index >= 15 is 0 Å². The highest BCUT2D eigenvalue weighted by Gasteiger charge is 2.12. The predicted octanol–water partition coefficient (Wildman–Crippen LogP) is 0.671. The molecule has 0 bridgehead atoms. The minimum absolute atomic E-state index is 0.0714. The summed E-state index contributed by atoms with van der Waals surface area (Å²) in [6.45, 7) is 4.81. The van der Waals surface area contributed by atoms with Crippen LogP contribution in [0, 0.1) is 0 Å². The van der Waals surface area contributed by atoms with E-state index in [-0.39, 0.29) is 5.91 Å². The predicted molar refractivity (Wildman–Crippen MR) is 59.8 cm³/mol. The zero-order chi connectivity index (χ0) is 10.9. The molecule has 1 aliphatic heterocycles. The largest absolute Gasteiger partial charge is 0.378 e. The van der Waals surface area contributed by atoms with Crippen LogP contribution in [-0.4, -0.2) is 38.3 Å². The molecule has 1 amide bonds. The van der Waals surface area contributed by atoms with Gasteiger partial charge in [-0.25, -0.2) is 0 Å². The second-order valence-corrected chi connectivity index (χ2v) is 3.91. The number of carbonyl (C=O) groups excluding carboxylic acids is 1. The van der Waals surface area contributed by atoms with E-state index in [2.05, 4.69) is 10.6 Å². The zero-order valence-corrected chi connectivity index (χ0v) is 9.55. The third-order valence-electron chi connectivity index (χ3n) is 2.58. The minimum Gasteiger partial charge on any atom is -0.378 e. The number of nitrogens with one attached hydrogen (secondary N) is 2. The van der Waals surface area contributed by atoms with Crippen LogP contribution in [0.3, 0.4) is 0 Å². The van der Waals surface area contributed by atoms with Crippen molar-refractivity contribution < 1.29 is 9.53 Å². The highest BCUT2D eigenvalue weighted by molar-refractivity contribution is 5.77. The van der Waals surface area contributed by atoms with Gasteiger partial charge in [0.05, 0.1) is 12.6 Å². The van der Waals surface area contributed by atoms with Gasteiger partial charge in [-0.15, -0.1) is 0 Å². The van der Waals surface area contributed by atoms with Crippen LogP contribution in [0.15, 0.2) is 0 Å². The van der Waals surface area contributed by atoms with Crippen LogP contribution in [0.5, 0.6) is 0 Å². The van der Waals surface area contributed by atoms with Gasteiger partial charge in [0.2, 0.25) is 5.91 Å². The van der Waals surface area contributed by atoms with E-state index in [4.69, 9.17) is 4.74 Å². The van der Waals surface area contributed by atoms with Crippen LogP contribution in [0.2, 0.25) is 0 Å². The Bertz CT molecular complexity index is 179. The van der Waals surface area contributed by atoms with Crippen molar-refractivity contribution in [3.05, 3.63) is 0 Å². The Morgan fingerprint density at radius 3 is 3.00 bits per heavy atom. The maximum atomic E-state index is 11.1. The average molecular weight is 214 g/mol. The number of hydrogen-bond acceptors (Lipinski definition) is 3. The van der Waals surface area contributed by atoms with Crippen LogP contribution in [0.25, 0.3) is 0 Å². The first-order chi connectivity index (χ1) is 7.33. The van der Waals surface area contributed by atoms with Crippen molar-refractivity contribution in [3.63, 3.8) is 0 Å². The molecule has 1 saturated heterocycles. The Hall–Kier alpha value is -0.610. The fourth-order valence-corrected chi connectivity index (χ4v) is 1.76. The molecule has 4 heteroatoms. The lowest BCUT2D eigenvalue weighted by molar-refractivity contribution is -0.120. The van der Waals surface area contributed by atoms with Crippen LogP contribution in [0.1, 0.15) is 32.6 Å². The van der Waals surface area contributed by atoms with Crippen LogP contribution < -0.4 is 10.6 Å². The summed E-state index contributed by atoms with van der Waals surface area (Å²) in [4.78, 5) is 11.1. The third-order valence-corrected chi connectivity index (χ3v) is 2.58. The van der Waals surface area contributed by atoms with Gasteiger partial charge in [0.1, 0.15) is 0 Å². The van der Waals surface area contributed by atoms with E-state index in [1.165, 1.54) is 19.3 Å². The van der Waals surface area contributed by atoms with Crippen molar-refractivity contribution in [1.82, 2.24) is 10.6 Å². The summed E-state index contributed by atoms with van der Waals surface area (Å²) in [5.74, 6) is 0.0714. The highest BCUT2D eigenvalue weighted by atomic mass is 16.5. The number of hydrogen-bond donors (Lipinski definition) is 2. The number of rotatable bonds is 6. The molecule has 88 valence electrons. The summed E-state index contributed by atoms with van der Waals surface area (Å²) in [7, 11) is 0. The number of carbonyl (C=O) groups is 1. The second-order valence-electron chi connectivity index (χ2n) is 3.91. The number of amides is 1. The number of ether oxygens (including phenoxy) is 1. The van der Waals surface area contributed by atoms with Crippen molar-refractivity contribution in [2.45, 2.75) is 38.7 Å². The highest BCUT2D eigenvalue weighted by Crippen LogP contribution is 2.14. The van der Waals surface area contributed by atoms with Gasteiger partial charge in [-0.05, 0) is 39.2 Å². The van der Waals surface area contributed by atoms with Crippen molar-refractivity contribution >= 4 is 5.91 Å². The summed E-state index contributed by atoms with van der Waals surface area (Å²) >= 11 is 0. The topological polar surface area (TPSA) is 50.4 Å². The Labute approximate surface area is 91.8 Å². The van der Waals surface area contributed by atoms with Crippen LogP contribution >= 0.6 is 0 Å². The summed E-state index contributed by atoms with van der Waals surface area (Å²) < 4.78 is 5.59. The first-order valence-corrected chi connectivity index (χ1v) is 5.92. The lowest BCUT2D eigenvalue weighted by Gasteiger charge is -2.22. The van der Waals surface area contributed by atoms with E-state index in [9.17, 15) is 4.79 Å². The monoisotopic (exact) mass is 214 g/mol. The molecule has 4 nitrogen and oxygen atoms in total. The maximum absolute atomic E-state index is 11.1. The Kier molecular flexibility index (Phi) is 6.36. The summed E-state index contributed by atoms with van der Waals surface area (Å²) in [5.41, 5.74) is 0. The Morgan fingerprint density at radius 2 is 2.33 bits per heavy atom. The molecular formula is C11H22N2O2. The first kappa shape index (κ1) is 12.5. The van der Waals surface area contributed by atoms with Gasteiger partial charge in [0, 0.05) is 13.2 Å². The Morgan fingerprint density at radius 1 is 1.47 bits per heavy atom. The third kappa shape index (κ3) is 5.74. The molecule has 1 fully saturated rings. The maximum Gasteiger partial charge on any atom is 0.233 e. The van der Waals surface area contributed by atoms with E-state index in [1.807, 2.05) is 6.92 Å². The van der Waals surface area contributed by atoms with Gasteiger partial charge in [-0.3, -0.25) is 4.79 Å². The normalized spacial score (nSPS) is 21.3. The Balaban J connectivity index is 1.93. The standard InChI is InChI=1S/C11H22N2O2/c1-2-13-11(14)9-12-7-6-10-5-3-4-8-15-10/h10,12H,2-9H2,1H3,(H,13,14). The van der Waals surface area contributed by atoms with Crippen molar-refractivity contribution in [3.8, 4) is 0 Å². The molecule has 15 heavy (non-hydrogen) atoms. The van der Waals surface area contributed by atoms with Crippen molar-refractivity contribution in [2.24, 2.45) is 0 Å². The average Bonchev–Trinajstić information content (AvgIpc) is 2.26. The molecule has 0 aromatic carbocycles. The van der Waals surface area contributed by atoms with Gasteiger partial charge in [0.15, 0.2) is 0 Å². The zero-order valence-electron chi connectivity index (χ0n) is 9.55. The van der Waals surface area contributed by atoms with Gasteiger partial charge >= 0.3 is 0 Å². The fourth-order valence-electron chi connectivity index (χ4n) is 1.76. The molecule has 0 aliphatic carbocycles. The molecule has 0 aromatic rings. The SMILES string of the molecule is CCNC(=O)CNCCC1CCCCO1. The molecule has 0 radical (unpaired) electrons. The van der Waals surface area contributed by atoms with E-state index < -0.39 is 0 Å². The smallest absolute Gasteiger partial charge is 0.233 e. The van der Waals surface area contributed by atoms with Crippen molar-refractivity contribution in [1.29, 1.82) is 0 Å². The molecule has 0 spiro atoms. The van der Waals surface area contributed by atoms with E-state index in [1.54, 1.807) is 0 Å². The first-order valence-electron chi connectivity index (χ1n) is 5.92. The molecular weight excluding hydrogens is 192 g/mol. The minimum atomic E-state index is 0.0714. The number of likely N-dealkylation sites (N-methyl/N-ethyl adjacent to an activating group) is 1. The summed E-state index contributed by atoms with van der Waals surface area (Å²) in [6, 6.07) is 0.